The van der Waals surface area contributed by atoms with Crippen molar-refractivity contribution in [2.75, 3.05) is 19.8 Å². The van der Waals surface area contributed by atoms with Gasteiger partial charge in [0.2, 0.25) is 5.88 Å². The van der Waals surface area contributed by atoms with E-state index in [-0.39, 0.29) is 5.54 Å². The van der Waals surface area contributed by atoms with Crippen LogP contribution in [-0.2, 0) is 11.3 Å². The molecule has 1 aliphatic heterocycles. The molecule has 5 nitrogen and oxygen atoms in total. The van der Waals surface area contributed by atoms with Crippen LogP contribution >= 0.6 is 0 Å². The maximum Gasteiger partial charge on any atom is 0.237 e. The van der Waals surface area contributed by atoms with Crippen molar-refractivity contribution in [3.8, 4) is 11.6 Å². The summed E-state index contributed by atoms with van der Waals surface area (Å²) in [4.78, 5) is 10.8. The lowest BCUT2D eigenvalue weighted by Crippen LogP contribution is -2.54. The highest BCUT2D eigenvalue weighted by atomic mass is 16.5. The molecule has 1 saturated carbocycles. The van der Waals surface area contributed by atoms with Gasteiger partial charge in [0.05, 0.1) is 19.4 Å². The Bertz CT molecular complexity index is 654. The Morgan fingerprint density at radius 2 is 1.96 bits per heavy atom. The molecule has 1 aliphatic carbocycles. The lowest BCUT2D eigenvalue weighted by Gasteiger charge is -2.44. The molecular weight excluding hydrogens is 302 g/mol. The van der Waals surface area contributed by atoms with Crippen LogP contribution in [0.1, 0.15) is 31.2 Å². The van der Waals surface area contributed by atoms with Crippen LogP contribution in [0.3, 0.4) is 0 Å². The van der Waals surface area contributed by atoms with E-state index in [9.17, 15) is 0 Å². The van der Waals surface area contributed by atoms with Gasteiger partial charge in [-0.05, 0) is 30.5 Å². The van der Waals surface area contributed by atoms with Crippen LogP contribution in [0.5, 0.6) is 11.6 Å². The molecular formula is C19H23N3O2. The molecule has 0 N–H and O–H groups in total. The molecule has 2 fully saturated rings. The van der Waals surface area contributed by atoms with Crippen molar-refractivity contribution in [2.45, 2.75) is 37.8 Å². The zero-order valence-electron chi connectivity index (χ0n) is 13.9. The van der Waals surface area contributed by atoms with Crippen LogP contribution in [0.25, 0.3) is 0 Å². The van der Waals surface area contributed by atoms with Crippen molar-refractivity contribution < 1.29 is 9.47 Å². The van der Waals surface area contributed by atoms with Crippen molar-refractivity contribution in [1.82, 2.24) is 14.9 Å². The minimum absolute atomic E-state index is 0.271. The van der Waals surface area contributed by atoms with E-state index in [2.05, 4.69) is 27.0 Å². The lowest BCUT2D eigenvalue weighted by molar-refractivity contribution is -0.0702. The van der Waals surface area contributed by atoms with E-state index in [1.165, 1.54) is 31.2 Å². The normalized spacial score (nSPS) is 20.3. The highest BCUT2D eigenvalue weighted by Crippen LogP contribution is 2.38. The zero-order valence-corrected chi connectivity index (χ0v) is 13.9. The quantitative estimate of drug-likeness (QED) is 0.862. The maximum absolute atomic E-state index is 5.79. The van der Waals surface area contributed by atoms with E-state index < -0.39 is 0 Å². The Morgan fingerprint density at radius 1 is 1.12 bits per heavy atom. The predicted molar refractivity (Wildman–Crippen MR) is 91.0 cm³/mol. The van der Waals surface area contributed by atoms with Crippen molar-refractivity contribution in [3.63, 3.8) is 0 Å². The average molecular weight is 325 g/mol. The number of hydrogen-bond donors (Lipinski definition) is 0. The SMILES string of the molecule is c1cnc(Oc2ccc(CN3CCOCC34CCCC4)cc2)cn1. The molecule has 2 aromatic rings. The van der Waals surface area contributed by atoms with Gasteiger partial charge in [-0.15, -0.1) is 0 Å². The molecule has 2 heterocycles. The Morgan fingerprint density at radius 3 is 2.71 bits per heavy atom. The fraction of sp³-hybridized carbons (Fsp3) is 0.474. The summed E-state index contributed by atoms with van der Waals surface area (Å²) in [5.41, 5.74) is 1.59. The second kappa shape index (κ2) is 6.87. The molecule has 1 saturated heterocycles. The van der Waals surface area contributed by atoms with Gasteiger partial charge in [-0.2, -0.15) is 0 Å². The molecule has 2 aliphatic rings. The second-order valence-corrected chi connectivity index (χ2v) is 6.70. The monoisotopic (exact) mass is 325 g/mol. The average Bonchev–Trinajstić information content (AvgIpc) is 3.09. The molecule has 1 aromatic heterocycles. The fourth-order valence-electron chi connectivity index (χ4n) is 3.85. The number of nitrogens with zero attached hydrogens (tertiary/aromatic N) is 3. The van der Waals surface area contributed by atoms with Gasteiger partial charge in [-0.1, -0.05) is 25.0 Å². The van der Waals surface area contributed by atoms with Crippen LogP contribution < -0.4 is 4.74 Å². The van der Waals surface area contributed by atoms with Gasteiger partial charge in [-0.3, -0.25) is 9.88 Å². The summed E-state index contributed by atoms with van der Waals surface area (Å²) in [5.74, 6) is 1.31. The third kappa shape index (κ3) is 3.28. The number of morpholine rings is 1. The molecule has 1 aromatic carbocycles. The highest BCUT2D eigenvalue weighted by Gasteiger charge is 2.41. The number of benzene rings is 1. The minimum atomic E-state index is 0.271. The molecule has 0 bridgehead atoms. The molecule has 0 radical (unpaired) electrons. The summed E-state index contributed by atoms with van der Waals surface area (Å²) >= 11 is 0. The molecule has 5 heteroatoms. The lowest BCUT2D eigenvalue weighted by atomic mass is 9.94. The van der Waals surface area contributed by atoms with Crippen molar-refractivity contribution >= 4 is 0 Å². The van der Waals surface area contributed by atoms with Gasteiger partial charge < -0.3 is 9.47 Å². The molecule has 126 valence electrons. The summed E-state index contributed by atoms with van der Waals surface area (Å²) < 4.78 is 11.5. The molecule has 4 rings (SSSR count). The van der Waals surface area contributed by atoms with Crippen molar-refractivity contribution in [1.29, 1.82) is 0 Å². The third-order valence-electron chi connectivity index (χ3n) is 5.14. The molecule has 0 atom stereocenters. The molecule has 0 unspecified atom stereocenters. The van der Waals surface area contributed by atoms with Crippen LogP contribution in [0, 0.1) is 0 Å². The first-order valence-corrected chi connectivity index (χ1v) is 8.70. The van der Waals surface area contributed by atoms with Gasteiger partial charge in [0, 0.05) is 31.0 Å². The third-order valence-corrected chi connectivity index (χ3v) is 5.14. The molecule has 24 heavy (non-hydrogen) atoms. The van der Waals surface area contributed by atoms with Gasteiger partial charge >= 0.3 is 0 Å². The second-order valence-electron chi connectivity index (χ2n) is 6.70. The molecule has 0 amide bonds. The van der Waals surface area contributed by atoms with Gasteiger partial charge in [0.25, 0.3) is 0 Å². The molecule has 1 spiro atoms. The Balaban J connectivity index is 1.43. The smallest absolute Gasteiger partial charge is 0.237 e. The van der Waals surface area contributed by atoms with E-state index in [1.807, 2.05) is 12.1 Å². The first-order valence-electron chi connectivity index (χ1n) is 8.70. The van der Waals surface area contributed by atoms with Crippen LogP contribution in [0.4, 0.5) is 0 Å². The summed E-state index contributed by atoms with van der Waals surface area (Å²) in [6.07, 6.45) is 10.1. The van der Waals surface area contributed by atoms with E-state index in [0.717, 1.165) is 32.1 Å². The van der Waals surface area contributed by atoms with Gasteiger partial charge in [-0.25, -0.2) is 4.98 Å². The minimum Gasteiger partial charge on any atom is -0.438 e. The van der Waals surface area contributed by atoms with E-state index in [1.54, 1.807) is 18.6 Å². The highest BCUT2D eigenvalue weighted by molar-refractivity contribution is 5.30. The first-order chi connectivity index (χ1) is 11.8. The Hall–Kier alpha value is -1.98. The van der Waals surface area contributed by atoms with Crippen molar-refractivity contribution in [2.24, 2.45) is 0 Å². The summed E-state index contributed by atoms with van der Waals surface area (Å²) in [6, 6.07) is 8.30. The van der Waals surface area contributed by atoms with Crippen LogP contribution in [0.2, 0.25) is 0 Å². The topological polar surface area (TPSA) is 47.5 Å². The largest absolute Gasteiger partial charge is 0.438 e. The predicted octanol–water partition coefficient (Wildman–Crippen LogP) is 3.41. The van der Waals surface area contributed by atoms with E-state index in [4.69, 9.17) is 9.47 Å². The number of aromatic nitrogens is 2. The van der Waals surface area contributed by atoms with Crippen LogP contribution in [-0.4, -0.2) is 40.2 Å². The summed E-state index contributed by atoms with van der Waals surface area (Å²) in [7, 11) is 0. The fourth-order valence-corrected chi connectivity index (χ4v) is 3.85. The summed E-state index contributed by atoms with van der Waals surface area (Å²) in [6.45, 7) is 3.74. The number of rotatable bonds is 4. The zero-order chi connectivity index (χ0) is 16.2. The number of hydrogen-bond acceptors (Lipinski definition) is 5. The van der Waals surface area contributed by atoms with Crippen LogP contribution in [0.15, 0.2) is 42.9 Å². The summed E-state index contributed by atoms with van der Waals surface area (Å²) in [5, 5.41) is 0. The Kier molecular flexibility index (Phi) is 4.45. The first kappa shape index (κ1) is 15.5. The Labute approximate surface area is 142 Å². The number of ether oxygens (including phenoxy) is 2. The van der Waals surface area contributed by atoms with Gasteiger partial charge in [0.1, 0.15) is 5.75 Å². The standard InChI is InChI=1S/C19H23N3O2/c1-2-8-19(7-1)15-23-12-11-22(19)14-16-3-5-17(6-4-16)24-18-13-20-9-10-21-18/h3-6,9-10,13H,1-2,7-8,11-12,14-15H2. The van der Waals surface area contributed by atoms with E-state index in [0.29, 0.717) is 5.88 Å². The van der Waals surface area contributed by atoms with E-state index >= 15 is 0 Å². The van der Waals surface area contributed by atoms with Gasteiger partial charge in [0.15, 0.2) is 0 Å². The van der Waals surface area contributed by atoms with Crippen molar-refractivity contribution in [3.05, 3.63) is 48.4 Å². The maximum atomic E-state index is 5.79.